The maximum absolute atomic E-state index is 11.6. The van der Waals surface area contributed by atoms with Crippen molar-refractivity contribution in [1.82, 2.24) is 20.2 Å². The van der Waals surface area contributed by atoms with Crippen LogP contribution in [0.5, 0.6) is 6.01 Å². The average molecular weight is 406 g/mol. The van der Waals surface area contributed by atoms with Gasteiger partial charge in [-0.15, -0.1) is 0 Å². The quantitative estimate of drug-likeness (QED) is 0.352. The summed E-state index contributed by atoms with van der Waals surface area (Å²) < 4.78 is 5.63. The van der Waals surface area contributed by atoms with E-state index in [2.05, 4.69) is 32.4 Å². The Labute approximate surface area is 173 Å². The molecule has 9 nitrogen and oxygen atoms in total. The molecule has 0 aromatic carbocycles. The van der Waals surface area contributed by atoms with Gasteiger partial charge in [0.05, 0.1) is 6.61 Å². The van der Waals surface area contributed by atoms with E-state index in [1.54, 1.807) is 0 Å². The molecule has 0 bridgehead atoms. The van der Waals surface area contributed by atoms with Gasteiger partial charge in [-0.2, -0.15) is 9.97 Å². The van der Waals surface area contributed by atoms with Crippen LogP contribution in [-0.4, -0.2) is 73.2 Å². The lowest BCUT2D eigenvalue weighted by atomic mass is 10.1. The Morgan fingerprint density at radius 2 is 1.90 bits per heavy atom. The molecule has 162 valence electrons. The molecule has 1 unspecified atom stereocenters. The summed E-state index contributed by atoms with van der Waals surface area (Å²) in [5.41, 5.74) is 6.70. The number of hydrogen-bond donors (Lipinski definition) is 3. The molecule has 4 N–H and O–H groups in total. The topological polar surface area (TPSA) is 109 Å². The lowest BCUT2D eigenvalue weighted by molar-refractivity contribution is -0.108. The van der Waals surface area contributed by atoms with Crippen molar-refractivity contribution in [3.05, 3.63) is 0 Å². The molecule has 29 heavy (non-hydrogen) atoms. The van der Waals surface area contributed by atoms with Gasteiger partial charge < -0.3 is 30.9 Å². The highest BCUT2D eigenvalue weighted by Gasteiger charge is 2.32. The van der Waals surface area contributed by atoms with Crippen LogP contribution in [0.4, 0.5) is 17.3 Å². The van der Waals surface area contributed by atoms with Crippen molar-refractivity contribution in [3.63, 3.8) is 0 Å². The first-order valence-corrected chi connectivity index (χ1v) is 10.9. The second-order valence-electron chi connectivity index (χ2n) is 7.72. The van der Waals surface area contributed by atoms with E-state index in [9.17, 15) is 4.79 Å². The van der Waals surface area contributed by atoms with Gasteiger partial charge in [-0.05, 0) is 25.8 Å². The third kappa shape index (κ3) is 5.93. The Morgan fingerprint density at radius 1 is 1.14 bits per heavy atom. The highest BCUT2D eigenvalue weighted by atomic mass is 16.5. The predicted octanol–water partition coefficient (Wildman–Crippen LogP) is 1.46. The number of carbonyl (C=O) groups is 1. The number of aldehydes is 1. The average Bonchev–Trinajstić information content (AvgIpc) is 3.10. The van der Waals surface area contributed by atoms with Crippen LogP contribution in [-0.2, 0) is 4.79 Å². The highest BCUT2D eigenvalue weighted by Crippen LogP contribution is 2.37. The first-order chi connectivity index (χ1) is 14.2. The molecule has 0 amide bonds. The van der Waals surface area contributed by atoms with E-state index in [1.807, 2.05) is 4.90 Å². The Kier molecular flexibility index (Phi) is 8.30. The van der Waals surface area contributed by atoms with Crippen molar-refractivity contribution in [3.8, 4) is 6.01 Å². The number of nitrogens with two attached hydrogens (primary N) is 1. The maximum atomic E-state index is 11.6. The molecule has 3 heterocycles. The van der Waals surface area contributed by atoms with Crippen molar-refractivity contribution in [2.24, 2.45) is 0 Å². The van der Waals surface area contributed by atoms with Crippen molar-refractivity contribution in [2.45, 2.75) is 51.6 Å². The van der Waals surface area contributed by atoms with Gasteiger partial charge in [0.15, 0.2) is 24.1 Å². The number of ether oxygens (including phenoxy) is 1. The molecule has 0 radical (unpaired) electrons. The zero-order chi connectivity index (χ0) is 20.5. The summed E-state index contributed by atoms with van der Waals surface area (Å²) in [4.78, 5) is 24.8. The number of carbonyl (C=O) groups excluding carboxylic acids is 1. The molecule has 1 saturated heterocycles. The van der Waals surface area contributed by atoms with E-state index in [0.717, 1.165) is 64.7 Å². The van der Waals surface area contributed by atoms with Crippen LogP contribution in [0, 0.1) is 0 Å². The third-order valence-corrected chi connectivity index (χ3v) is 5.49. The zero-order valence-electron chi connectivity index (χ0n) is 17.5. The number of unbranched alkanes of at least 4 members (excludes halogenated alkanes) is 4. The molecule has 0 saturated carbocycles. The van der Waals surface area contributed by atoms with Crippen molar-refractivity contribution in [1.29, 1.82) is 0 Å². The van der Waals surface area contributed by atoms with Crippen LogP contribution in [0.25, 0.3) is 0 Å². The Balaban J connectivity index is 1.48. The van der Waals surface area contributed by atoms with Gasteiger partial charge in [0.25, 0.3) is 0 Å². The number of nitrogens with one attached hydrogen (secondary N) is 2. The highest BCUT2D eigenvalue weighted by molar-refractivity contribution is 5.87. The van der Waals surface area contributed by atoms with E-state index in [-0.39, 0.29) is 6.01 Å². The molecule has 0 aliphatic carbocycles. The van der Waals surface area contributed by atoms with Crippen LogP contribution in [0.15, 0.2) is 0 Å². The van der Waals surface area contributed by atoms with Crippen LogP contribution in [0.2, 0.25) is 0 Å². The number of nitrogen functional groups attached to an aromatic ring is 1. The summed E-state index contributed by atoms with van der Waals surface area (Å²) in [6.45, 7) is 9.10. The summed E-state index contributed by atoms with van der Waals surface area (Å²) in [5.74, 6) is 0.994. The molecule has 0 spiro atoms. The minimum Gasteiger partial charge on any atom is -0.463 e. The second kappa shape index (κ2) is 11.2. The molecule has 1 fully saturated rings. The molecular formula is C20H35N7O2. The fourth-order valence-electron chi connectivity index (χ4n) is 3.78. The first-order valence-electron chi connectivity index (χ1n) is 10.9. The summed E-state index contributed by atoms with van der Waals surface area (Å²) in [7, 11) is 0. The monoisotopic (exact) mass is 405 g/mol. The Morgan fingerprint density at radius 3 is 2.62 bits per heavy atom. The number of piperazine rings is 1. The Bertz CT molecular complexity index is 652. The smallest absolute Gasteiger partial charge is 0.320 e. The van der Waals surface area contributed by atoms with Gasteiger partial charge >= 0.3 is 6.01 Å². The van der Waals surface area contributed by atoms with Crippen LogP contribution in [0.3, 0.4) is 0 Å². The molecule has 2 aliphatic rings. The van der Waals surface area contributed by atoms with E-state index in [1.165, 1.54) is 19.4 Å². The predicted molar refractivity (Wildman–Crippen MR) is 115 cm³/mol. The maximum Gasteiger partial charge on any atom is 0.320 e. The van der Waals surface area contributed by atoms with E-state index >= 15 is 0 Å². The minimum atomic E-state index is -0.451. The fourth-order valence-corrected chi connectivity index (χ4v) is 3.78. The molecule has 9 heteroatoms. The first kappa shape index (κ1) is 21.6. The summed E-state index contributed by atoms with van der Waals surface area (Å²) in [6.07, 6.45) is 6.96. The van der Waals surface area contributed by atoms with Gasteiger partial charge in [0, 0.05) is 32.7 Å². The Hall–Kier alpha value is -2.13. The van der Waals surface area contributed by atoms with Crippen LogP contribution in [0.1, 0.15) is 45.4 Å². The number of fused-ring (bicyclic) bond motifs is 1. The fraction of sp³-hybridized carbons (Fsp3) is 0.750. The lowest BCUT2D eigenvalue weighted by Crippen LogP contribution is -2.43. The number of hydrogen-bond acceptors (Lipinski definition) is 9. The SMILES string of the molecule is CCCCOc1nc(N)c2c(n1)N(CCCCCCN1CCNCC1)C(C=O)N2. The van der Waals surface area contributed by atoms with Crippen molar-refractivity contribution >= 4 is 23.6 Å². The number of nitrogens with zero attached hydrogens (tertiary/aromatic N) is 4. The molecular weight excluding hydrogens is 370 g/mol. The normalized spacial score (nSPS) is 19.1. The number of rotatable bonds is 12. The van der Waals surface area contributed by atoms with Gasteiger partial charge in [-0.25, -0.2) is 0 Å². The van der Waals surface area contributed by atoms with Crippen molar-refractivity contribution < 1.29 is 9.53 Å². The minimum absolute atomic E-state index is 0.282. The van der Waals surface area contributed by atoms with Gasteiger partial charge in [-0.3, -0.25) is 4.79 Å². The lowest BCUT2D eigenvalue weighted by Gasteiger charge is -2.27. The number of aromatic nitrogens is 2. The van der Waals surface area contributed by atoms with Crippen molar-refractivity contribution in [2.75, 3.05) is 61.8 Å². The molecule has 1 aromatic heterocycles. The van der Waals surface area contributed by atoms with E-state index in [4.69, 9.17) is 10.5 Å². The van der Waals surface area contributed by atoms with Crippen LogP contribution >= 0.6 is 0 Å². The van der Waals surface area contributed by atoms with E-state index in [0.29, 0.717) is 23.9 Å². The molecule has 2 aliphatic heterocycles. The van der Waals surface area contributed by atoms with Gasteiger partial charge in [-0.1, -0.05) is 26.2 Å². The molecule has 3 rings (SSSR count). The largest absolute Gasteiger partial charge is 0.463 e. The number of anilines is 3. The summed E-state index contributed by atoms with van der Waals surface area (Å²) in [5, 5.41) is 6.52. The van der Waals surface area contributed by atoms with Crippen LogP contribution < -0.4 is 26.0 Å². The van der Waals surface area contributed by atoms with E-state index < -0.39 is 6.17 Å². The molecule has 1 aromatic rings. The second-order valence-corrected chi connectivity index (χ2v) is 7.72. The van der Waals surface area contributed by atoms with Gasteiger partial charge in [0.2, 0.25) is 0 Å². The summed E-state index contributed by atoms with van der Waals surface area (Å²) >= 11 is 0. The third-order valence-electron chi connectivity index (χ3n) is 5.49. The van der Waals surface area contributed by atoms with Gasteiger partial charge in [0.1, 0.15) is 5.69 Å². The standard InChI is InChI=1S/C20H35N7O2/c1-2-3-14-29-20-24-18(21)17-19(25-20)27(16(15-28)23-17)11-7-5-4-6-10-26-12-8-22-9-13-26/h15-16,22-23H,2-14H2,1H3,(H2,21,24,25). The molecule has 1 atom stereocenters. The zero-order valence-corrected chi connectivity index (χ0v) is 17.5. The summed E-state index contributed by atoms with van der Waals surface area (Å²) in [6, 6.07) is 0.282.